The third kappa shape index (κ3) is 14.8. The summed E-state index contributed by atoms with van der Waals surface area (Å²) >= 11 is 0. The zero-order chi connectivity index (χ0) is 37.6. The number of guanidine groups is 2. The standard InChI is InChI=1S/C33H52N10O7/c1-18(2)15-24(43-32(48)50-33(4,5)6)29(47)42-23(10-8-14-39-31(36)37)28(46)41-22(9-7-13-38-30(34)35)27(45)40-20-11-12-21-19(3)16-26(44)49-25(21)17-20/h11-12,16-18,22-24H,7-10,13-15H2,1-6H3,(H,40,45)(H,41,46)(H,42,47)(H,43,48)(H4,34,35,38)(H4,36,37,39). The Morgan fingerprint density at radius 2 is 1.36 bits per heavy atom. The summed E-state index contributed by atoms with van der Waals surface area (Å²) in [5.74, 6) is -2.11. The summed E-state index contributed by atoms with van der Waals surface area (Å²) in [7, 11) is 0. The van der Waals surface area contributed by atoms with Crippen LogP contribution in [0.2, 0.25) is 0 Å². The normalized spacial score (nSPS) is 13.0. The molecule has 1 aromatic heterocycles. The highest BCUT2D eigenvalue weighted by atomic mass is 16.6. The fraction of sp³-hybridized carbons (Fsp3) is 0.545. The number of aryl methyl sites for hydroxylation is 1. The Kier molecular flexibility index (Phi) is 15.5. The number of nitrogens with zero attached hydrogens (tertiary/aromatic N) is 2. The van der Waals surface area contributed by atoms with Crippen molar-refractivity contribution in [3.63, 3.8) is 0 Å². The van der Waals surface area contributed by atoms with Crippen LogP contribution in [0.3, 0.4) is 0 Å². The minimum Gasteiger partial charge on any atom is -0.444 e. The predicted octanol–water partition coefficient (Wildman–Crippen LogP) is 1.06. The number of nitrogens with two attached hydrogens (primary N) is 4. The van der Waals surface area contributed by atoms with Gasteiger partial charge in [0.15, 0.2) is 11.9 Å². The van der Waals surface area contributed by atoms with E-state index < -0.39 is 53.2 Å². The molecule has 3 unspecified atom stereocenters. The lowest BCUT2D eigenvalue weighted by molar-refractivity contribution is -0.132. The second-order valence-electron chi connectivity index (χ2n) is 13.3. The number of aliphatic imine (C=N–C) groups is 2. The molecule has 0 fully saturated rings. The molecule has 12 N–H and O–H groups in total. The van der Waals surface area contributed by atoms with Crippen molar-refractivity contribution < 1.29 is 28.3 Å². The zero-order valence-electron chi connectivity index (χ0n) is 29.6. The third-order valence-electron chi connectivity index (χ3n) is 7.09. The summed E-state index contributed by atoms with van der Waals surface area (Å²) in [6.45, 7) is 11.0. The molecule has 276 valence electrons. The highest BCUT2D eigenvalue weighted by Crippen LogP contribution is 2.21. The average Bonchev–Trinajstić information content (AvgIpc) is 2.97. The summed E-state index contributed by atoms with van der Waals surface area (Å²) in [4.78, 5) is 73.3. The molecule has 0 radical (unpaired) electrons. The molecular weight excluding hydrogens is 648 g/mol. The fourth-order valence-corrected chi connectivity index (χ4v) is 4.87. The first kappa shape index (κ1) is 40.8. The van der Waals surface area contributed by atoms with Crippen molar-refractivity contribution in [1.82, 2.24) is 16.0 Å². The molecule has 4 amide bonds. The molecule has 17 heteroatoms. The van der Waals surface area contributed by atoms with Crippen LogP contribution < -0.4 is 49.8 Å². The van der Waals surface area contributed by atoms with Crippen LogP contribution in [-0.4, -0.2) is 72.5 Å². The van der Waals surface area contributed by atoms with Gasteiger partial charge in [-0.05, 0) is 83.4 Å². The van der Waals surface area contributed by atoms with Gasteiger partial charge in [0, 0.05) is 36.3 Å². The van der Waals surface area contributed by atoms with Gasteiger partial charge < -0.3 is 53.4 Å². The first-order valence-electron chi connectivity index (χ1n) is 16.4. The Hall–Kier alpha value is -5.35. The van der Waals surface area contributed by atoms with Crippen molar-refractivity contribution in [3.05, 3.63) is 40.2 Å². The number of ether oxygens (including phenoxy) is 1. The van der Waals surface area contributed by atoms with Crippen LogP contribution in [0.4, 0.5) is 10.5 Å². The van der Waals surface area contributed by atoms with Crippen molar-refractivity contribution in [2.45, 2.75) is 97.4 Å². The minimum absolute atomic E-state index is 0.000161. The number of anilines is 1. The summed E-state index contributed by atoms with van der Waals surface area (Å²) in [6, 6.07) is 2.97. The molecule has 0 aliphatic carbocycles. The molecule has 0 aliphatic rings. The summed E-state index contributed by atoms with van der Waals surface area (Å²) < 4.78 is 10.6. The topological polar surface area (TPSA) is 285 Å². The van der Waals surface area contributed by atoms with E-state index in [1.165, 1.54) is 12.1 Å². The van der Waals surface area contributed by atoms with Gasteiger partial charge in [-0.2, -0.15) is 0 Å². The van der Waals surface area contributed by atoms with Crippen LogP contribution in [-0.2, 0) is 19.1 Å². The number of nitrogens with one attached hydrogen (secondary N) is 4. The Morgan fingerprint density at radius 3 is 1.88 bits per heavy atom. The first-order chi connectivity index (χ1) is 23.3. The molecule has 0 saturated carbocycles. The largest absolute Gasteiger partial charge is 0.444 e. The van der Waals surface area contributed by atoms with Gasteiger partial charge in [0.25, 0.3) is 0 Å². The SMILES string of the molecule is Cc1cc(=O)oc2cc(NC(=O)C(CCCN=C(N)N)NC(=O)C(CCCN=C(N)N)NC(=O)C(CC(C)C)NC(=O)OC(C)(C)C)ccc12. The number of hydrogen-bond acceptors (Lipinski definition) is 9. The van der Waals surface area contributed by atoms with E-state index in [0.29, 0.717) is 29.5 Å². The summed E-state index contributed by atoms with van der Waals surface area (Å²) in [5.41, 5.74) is 21.8. The Morgan fingerprint density at radius 1 is 0.820 bits per heavy atom. The van der Waals surface area contributed by atoms with Gasteiger partial charge >= 0.3 is 11.7 Å². The number of carbonyl (C=O) groups excluding carboxylic acids is 4. The maximum absolute atomic E-state index is 13.8. The van der Waals surface area contributed by atoms with E-state index in [-0.39, 0.29) is 55.8 Å². The van der Waals surface area contributed by atoms with Crippen molar-refractivity contribution in [2.24, 2.45) is 38.8 Å². The molecule has 2 aromatic rings. The van der Waals surface area contributed by atoms with Crippen LogP contribution >= 0.6 is 0 Å². The summed E-state index contributed by atoms with van der Waals surface area (Å²) in [6.07, 6.45) is 0.316. The smallest absolute Gasteiger partial charge is 0.408 e. The molecule has 0 bridgehead atoms. The molecule has 0 saturated heterocycles. The second kappa shape index (κ2) is 19.0. The average molecular weight is 701 g/mol. The molecular formula is C33H52N10O7. The number of benzene rings is 1. The Labute approximate surface area is 291 Å². The van der Waals surface area contributed by atoms with Crippen LogP contribution in [0.15, 0.2) is 43.5 Å². The van der Waals surface area contributed by atoms with Gasteiger partial charge in [-0.1, -0.05) is 13.8 Å². The predicted molar refractivity (Wildman–Crippen MR) is 192 cm³/mol. The minimum atomic E-state index is -1.14. The van der Waals surface area contributed by atoms with Gasteiger partial charge in [0.2, 0.25) is 17.7 Å². The summed E-state index contributed by atoms with van der Waals surface area (Å²) in [5, 5.41) is 11.5. The van der Waals surface area contributed by atoms with Crippen molar-refractivity contribution in [2.75, 3.05) is 18.4 Å². The lowest BCUT2D eigenvalue weighted by atomic mass is 10.0. The quantitative estimate of drug-likeness (QED) is 0.0500. The molecule has 1 heterocycles. The van der Waals surface area contributed by atoms with E-state index in [1.54, 1.807) is 39.8 Å². The molecule has 3 atom stereocenters. The van der Waals surface area contributed by atoms with E-state index in [4.69, 9.17) is 32.1 Å². The van der Waals surface area contributed by atoms with Gasteiger partial charge in [-0.25, -0.2) is 9.59 Å². The van der Waals surface area contributed by atoms with Gasteiger partial charge in [0.05, 0.1) is 0 Å². The number of carbonyl (C=O) groups is 4. The molecule has 2 rings (SSSR count). The fourth-order valence-electron chi connectivity index (χ4n) is 4.87. The van der Waals surface area contributed by atoms with Gasteiger partial charge in [-0.15, -0.1) is 0 Å². The second-order valence-corrected chi connectivity index (χ2v) is 13.3. The van der Waals surface area contributed by atoms with E-state index in [2.05, 4.69) is 31.3 Å². The Balaban J connectivity index is 2.34. The third-order valence-corrected chi connectivity index (χ3v) is 7.09. The Bertz CT molecular complexity index is 1610. The van der Waals surface area contributed by atoms with Crippen LogP contribution in [0, 0.1) is 12.8 Å². The first-order valence-corrected chi connectivity index (χ1v) is 16.4. The number of alkyl carbamates (subject to hydrolysis) is 1. The maximum Gasteiger partial charge on any atom is 0.408 e. The van der Waals surface area contributed by atoms with Crippen LogP contribution in [0.1, 0.15) is 72.3 Å². The molecule has 1 aromatic carbocycles. The van der Waals surface area contributed by atoms with Gasteiger partial charge in [0.1, 0.15) is 29.3 Å². The van der Waals surface area contributed by atoms with Crippen molar-refractivity contribution in [1.29, 1.82) is 0 Å². The molecule has 17 nitrogen and oxygen atoms in total. The zero-order valence-corrected chi connectivity index (χ0v) is 29.6. The van der Waals surface area contributed by atoms with E-state index >= 15 is 0 Å². The number of amides is 4. The van der Waals surface area contributed by atoms with Crippen LogP contribution in [0.5, 0.6) is 0 Å². The van der Waals surface area contributed by atoms with E-state index in [1.807, 2.05) is 13.8 Å². The monoisotopic (exact) mass is 700 g/mol. The number of rotatable bonds is 17. The lowest BCUT2D eigenvalue weighted by Crippen LogP contribution is -2.56. The van der Waals surface area contributed by atoms with Crippen molar-refractivity contribution >= 4 is 52.4 Å². The highest BCUT2D eigenvalue weighted by Gasteiger charge is 2.31. The van der Waals surface area contributed by atoms with E-state index in [9.17, 15) is 24.0 Å². The van der Waals surface area contributed by atoms with Crippen molar-refractivity contribution in [3.8, 4) is 0 Å². The highest BCUT2D eigenvalue weighted by molar-refractivity contribution is 6.00. The molecule has 0 spiro atoms. The number of hydrogen-bond donors (Lipinski definition) is 8. The van der Waals surface area contributed by atoms with Gasteiger partial charge in [-0.3, -0.25) is 24.4 Å². The van der Waals surface area contributed by atoms with E-state index in [0.717, 1.165) is 0 Å². The lowest BCUT2D eigenvalue weighted by Gasteiger charge is -2.27. The molecule has 0 aliphatic heterocycles. The number of fused-ring (bicyclic) bond motifs is 1. The maximum atomic E-state index is 13.8. The van der Waals surface area contributed by atoms with Crippen LogP contribution in [0.25, 0.3) is 11.0 Å². The molecule has 50 heavy (non-hydrogen) atoms.